The standard InChI is InChI=1S/C16H18N4O.C16H19N3S.C2H6/c17-16(21)19-7-5-11(6-8-19)15-13-4-2-1-3-12(13)14-9-18-10-20(14)15;1-20-18-8-6-12(7-9-18)16-14-5-3-2-4-13(14)15-10-17-11-19(15)16;1-2/h1-4,9-11,15H,5-8H2,(H2,17,21);2-5,10-12,16H,6-9H2,1H3;1-2H3. The second-order valence-electron chi connectivity index (χ2n) is 11.5. The Morgan fingerprint density at radius 3 is 1.63 bits per heavy atom. The van der Waals surface area contributed by atoms with E-state index in [1.807, 2.05) is 50.8 Å². The first-order valence-corrected chi connectivity index (χ1v) is 16.9. The van der Waals surface area contributed by atoms with E-state index < -0.39 is 0 Å². The predicted octanol–water partition coefficient (Wildman–Crippen LogP) is 6.71. The van der Waals surface area contributed by atoms with Crippen LogP contribution in [-0.2, 0) is 0 Å². The van der Waals surface area contributed by atoms with Gasteiger partial charge in [0.25, 0.3) is 0 Å². The van der Waals surface area contributed by atoms with Crippen molar-refractivity contribution in [3.63, 3.8) is 0 Å². The van der Waals surface area contributed by atoms with Crippen LogP contribution in [0.25, 0.3) is 22.5 Å². The van der Waals surface area contributed by atoms with Gasteiger partial charge in [0.2, 0.25) is 0 Å². The van der Waals surface area contributed by atoms with E-state index in [4.69, 9.17) is 5.73 Å². The van der Waals surface area contributed by atoms with Crippen LogP contribution in [0.15, 0.2) is 73.6 Å². The molecule has 0 saturated carbocycles. The van der Waals surface area contributed by atoms with Crippen LogP contribution in [0.4, 0.5) is 4.79 Å². The SMILES string of the molecule is CC.CSN1CCC(C2c3ccccc3-c3cncn32)CC1.NC(=O)N1CCC(C2c3ccccc3-c3cncn32)CC1. The first-order valence-electron chi connectivity index (χ1n) is 15.7. The molecule has 2 N–H and O–H groups in total. The summed E-state index contributed by atoms with van der Waals surface area (Å²) in [4.78, 5) is 21.7. The van der Waals surface area contributed by atoms with Crippen LogP contribution in [0.2, 0.25) is 0 Å². The van der Waals surface area contributed by atoms with Gasteiger partial charge in [-0.1, -0.05) is 74.3 Å². The molecule has 43 heavy (non-hydrogen) atoms. The summed E-state index contributed by atoms with van der Waals surface area (Å²) in [7, 11) is 0. The zero-order chi connectivity index (χ0) is 29.9. The number of rotatable bonds is 3. The average Bonchev–Trinajstić information content (AvgIpc) is 3.84. The normalized spacial score (nSPS) is 21.0. The van der Waals surface area contributed by atoms with E-state index in [0.717, 1.165) is 31.8 Å². The number of urea groups is 1. The fraction of sp³-hybridized carbons (Fsp3) is 0.441. The molecular formula is C34H43N7OS. The number of benzene rings is 2. The predicted molar refractivity (Wildman–Crippen MR) is 175 cm³/mol. The maximum Gasteiger partial charge on any atom is 0.314 e. The fourth-order valence-corrected chi connectivity index (χ4v) is 8.09. The molecule has 0 spiro atoms. The van der Waals surface area contributed by atoms with Crippen molar-refractivity contribution in [2.75, 3.05) is 32.4 Å². The Morgan fingerprint density at radius 2 is 1.19 bits per heavy atom. The third-order valence-corrected chi connectivity index (χ3v) is 10.4. The minimum absolute atomic E-state index is 0.302. The van der Waals surface area contributed by atoms with Gasteiger partial charge in [0.1, 0.15) is 0 Å². The molecule has 0 aliphatic carbocycles. The molecule has 2 amide bonds. The summed E-state index contributed by atoms with van der Waals surface area (Å²) in [5.74, 6) is 1.26. The van der Waals surface area contributed by atoms with Gasteiger partial charge >= 0.3 is 6.03 Å². The van der Waals surface area contributed by atoms with Gasteiger partial charge in [-0.2, -0.15) is 0 Å². The lowest BCUT2D eigenvalue weighted by atomic mass is 9.85. The number of nitrogens with two attached hydrogens (primary N) is 1. The zero-order valence-corrected chi connectivity index (χ0v) is 26.3. The minimum Gasteiger partial charge on any atom is -0.351 e. The van der Waals surface area contributed by atoms with E-state index in [1.54, 1.807) is 4.90 Å². The quantitative estimate of drug-likeness (QED) is 0.265. The van der Waals surface area contributed by atoms with E-state index >= 15 is 0 Å². The molecule has 226 valence electrons. The second-order valence-corrected chi connectivity index (χ2v) is 12.4. The molecule has 0 bridgehead atoms. The number of hydrogen-bond acceptors (Lipinski definition) is 5. The smallest absolute Gasteiger partial charge is 0.314 e. The second kappa shape index (κ2) is 13.0. The zero-order valence-electron chi connectivity index (χ0n) is 25.5. The third kappa shape index (κ3) is 5.49. The summed E-state index contributed by atoms with van der Waals surface area (Å²) in [6, 6.07) is 17.9. The highest BCUT2D eigenvalue weighted by molar-refractivity contribution is 7.96. The summed E-state index contributed by atoms with van der Waals surface area (Å²) in [6.45, 7) is 7.91. The average molecular weight is 598 g/mol. The van der Waals surface area contributed by atoms with Crippen LogP contribution in [0.1, 0.15) is 62.7 Å². The van der Waals surface area contributed by atoms with Gasteiger partial charge in [-0.25, -0.2) is 14.8 Å². The number of fused-ring (bicyclic) bond motifs is 6. The maximum absolute atomic E-state index is 11.3. The lowest BCUT2D eigenvalue weighted by Gasteiger charge is -2.34. The van der Waals surface area contributed by atoms with Crippen molar-refractivity contribution in [3.8, 4) is 22.5 Å². The fourth-order valence-electron chi connectivity index (χ4n) is 7.52. The Labute approximate surface area is 259 Å². The Bertz CT molecular complexity index is 1530. The number of nitrogens with zero attached hydrogens (tertiary/aromatic N) is 6. The molecule has 9 heteroatoms. The number of carbonyl (C=O) groups is 1. The third-order valence-electron chi connectivity index (χ3n) is 9.54. The number of aromatic nitrogens is 4. The summed E-state index contributed by atoms with van der Waals surface area (Å²) in [6.07, 6.45) is 14.6. The number of amides is 2. The molecule has 4 aromatic rings. The van der Waals surface area contributed by atoms with Crippen molar-refractivity contribution >= 4 is 18.0 Å². The van der Waals surface area contributed by atoms with E-state index in [2.05, 4.69) is 78.2 Å². The first-order chi connectivity index (χ1) is 21.1. The Kier molecular flexibility index (Phi) is 8.90. The molecule has 0 radical (unpaired) electrons. The Hall–Kier alpha value is -3.56. The van der Waals surface area contributed by atoms with Gasteiger partial charge < -0.3 is 19.8 Å². The number of piperidine rings is 2. The summed E-state index contributed by atoms with van der Waals surface area (Å²) in [5.41, 5.74) is 13.4. The van der Waals surface area contributed by atoms with Gasteiger partial charge in [-0.3, -0.25) is 4.31 Å². The lowest BCUT2D eigenvalue weighted by molar-refractivity contribution is 0.166. The molecule has 4 aliphatic heterocycles. The van der Waals surface area contributed by atoms with Crippen LogP contribution < -0.4 is 5.73 Å². The molecule has 2 aromatic heterocycles. The van der Waals surface area contributed by atoms with Crippen molar-refractivity contribution in [2.45, 2.75) is 51.6 Å². The molecule has 6 heterocycles. The number of imidazole rings is 2. The molecule has 2 atom stereocenters. The molecule has 2 fully saturated rings. The maximum atomic E-state index is 11.3. The summed E-state index contributed by atoms with van der Waals surface area (Å²) >= 11 is 1.88. The Morgan fingerprint density at radius 1 is 0.744 bits per heavy atom. The summed E-state index contributed by atoms with van der Waals surface area (Å²) < 4.78 is 7.16. The number of likely N-dealkylation sites (tertiary alicyclic amines) is 1. The van der Waals surface area contributed by atoms with Crippen molar-refractivity contribution in [2.24, 2.45) is 17.6 Å². The van der Waals surface area contributed by atoms with Crippen LogP contribution >= 0.6 is 11.9 Å². The van der Waals surface area contributed by atoms with Crippen molar-refractivity contribution < 1.29 is 4.79 Å². The van der Waals surface area contributed by atoms with E-state index in [0.29, 0.717) is 18.0 Å². The van der Waals surface area contributed by atoms with Crippen LogP contribution in [-0.4, -0.2) is 66.8 Å². The molecule has 8 nitrogen and oxygen atoms in total. The minimum atomic E-state index is -0.302. The van der Waals surface area contributed by atoms with Crippen LogP contribution in [0.3, 0.4) is 0 Å². The van der Waals surface area contributed by atoms with Crippen molar-refractivity contribution in [1.29, 1.82) is 0 Å². The number of primary amides is 1. The number of carbonyl (C=O) groups excluding carboxylic acids is 1. The van der Waals surface area contributed by atoms with Gasteiger partial charge in [-0.15, -0.1) is 0 Å². The monoisotopic (exact) mass is 597 g/mol. The van der Waals surface area contributed by atoms with Crippen molar-refractivity contribution in [3.05, 3.63) is 84.7 Å². The molecular weight excluding hydrogens is 554 g/mol. The molecule has 2 saturated heterocycles. The topological polar surface area (TPSA) is 85.2 Å². The van der Waals surface area contributed by atoms with E-state index in [1.165, 1.54) is 59.6 Å². The molecule has 2 unspecified atom stereocenters. The molecule has 2 aromatic carbocycles. The van der Waals surface area contributed by atoms with Crippen molar-refractivity contribution in [1.82, 2.24) is 28.3 Å². The largest absolute Gasteiger partial charge is 0.351 e. The Balaban J connectivity index is 0.000000145. The molecule has 8 rings (SSSR count). The molecule has 4 aliphatic rings. The highest BCUT2D eigenvalue weighted by atomic mass is 32.2. The summed E-state index contributed by atoms with van der Waals surface area (Å²) in [5, 5.41) is 0. The highest BCUT2D eigenvalue weighted by Gasteiger charge is 2.37. The van der Waals surface area contributed by atoms with Gasteiger partial charge in [0.15, 0.2) is 0 Å². The lowest BCUT2D eigenvalue weighted by Crippen LogP contribution is -2.43. The van der Waals surface area contributed by atoms with Gasteiger partial charge in [-0.05, 0) is 54.9 Å². The van der Waals surface area contributed by atoms with E-state index in [-0.39, 0.29) is 6.03 Å². The first kappa shape index (κ1) is 29.5. The van der Waals surface area contributed by atoms with Crippen LogP contribution in [0, 0.1) is 11.8 Å². The van der Waals surface area contributed by atoms with E-state index in [9.17, 15) is 4.79 Å². The van der Waals surface area contributed by atoms with Crippen LogP contribution in [0.5, 0.6) is 0 Å². The van der Waals surface area contributed by atoms with Gasteiger partial charge in [0, 0.05) is 37.3 Å². The van der Waals surface area contributed by atoms with Gasteiger partial charge in [0.05, 0.1) is 48.5 Å². The highest BCUT2D eigenvalue weighted by Crippen LogP contribution is 2.47. The number of hydrogen-bond donors (Lipinski definition) is 1.